The van der Waals surface area contributed by atoms with Crippen molar-refractivity contribution in [3.63, 3.8) is 0 Å². The summed E-state index contributed by atoms with van der Waals surface area (Å²) in [5.74, 6) is 2.58. The molecule has 168 valence electrons. The maximum Gasteiger partial charge on any atom is 0.226 e. The molecule has 0 unspecified atom stereocenters. The fourth-order valence-electron chi connectivity index (χ4n) is 6.91. The Morgan fingerprint density at radius 3 is 1.81 bits per heavy atom. The van der Waals surface area contributed by atoms with Crippen molar-refractivity contribution in [3.05, 3.63) is 71.8 Å². The molecule has 0 aliphatic heterocycles. The monoisotopic (exact) mass is 430 g/mol. The Kier molecular flexibility index (Phi) is 6.03. The fraction of sp³-hybridized carbons (Fsp3) is 0.500. The molecule has 0 saturated heterocycles. The van der Waals surface area contributed by atoms with Crippen LogP contribution in [-0.2, 0) is 9.59 Å². The molecule has 2 aromatic carbocycles. The molecule has 0 heterocycles. The van der Waals surface area contributed by atoms with E-state index in [2.05, 4.69) is 10.6 Å². The molecule has 2 amide bonds. The normalized spacial score (nSPS) is 28.0. The number of hydrogen-bond acceptors (Lipinski definition) is 2. The van der Waals surface area contributed by atoms with Gasteiger partial charge in [0, 0.05) is 18.4 Å². The Hall–Kier alpha value is -2.62. The summed E-state index contributed by atoms with van der Waals surface area (Å²) in [5.41, 5.74) is 2.03. The van der Waals surface area contributed by atoms with Crippen LogP contribution < -0.4 is 10.6 Å². The topological polar surface area (TPSA) is 58.2 Å². The summed E-state index contributed by atoms with van der Waals surface area (Å²) in [4.78, 5) is 25.8. The fourth-order valence-corrected chi connectivity index (χ4v) is 6.91. The van der Waals surface area contributed by atoms with Crippen LogP contribution in [0.4, 0.5) is 0 Å². The number of carbonyl (C=O) groups excluding carboxylic acids is 2. The van der Waals surface area contributed by atoms with Crippen molar-refractivity contribution < 1.29 is 9.59 Å². The van der Waals surface area contributed by atoms with E-state index in [-0.39, 0.29) is 23.3 Å². The highest BCUT2D eigenvalue weighted by atomic mass is 16.2. The maximum atomic E-state index is 13.1. The molecule has 0 atom stereocenters. The van der Waals surface area contributed by atoms with Crippen LogP contribution in [0.1, 0.15) is 68.5 Å². The van der Waals surface area contributed by atoms with Crippen LogP contribution in [0.25, 0.3) is 0 Å². The second-order valence-electron chi connectivity index (χ2n) is 10.4. The van der Waals surface area contributed by atoms with Gasteiger partial charge in [-0.15, -0.1) is 0 Å². The van der Waals surface area contributed by atoms with Crippen LogP contribution in [0.2, 0.25) is 0 Å². The Morgan fingerprint density at radius 1 is 0.812 bits per heavy atom. The number of nitrogens with one attached hydrogen (secondary N) is 2. The minimum atomic E-state index is -0.161. The molecule has 4 bridgehead atoms. The lowest BCUT2D eigenvalue weighted by atomic mass is 9.49. The Balaban J connectivity index is 1.13. The molecule has 0 aromatic heterocycles. The molecule has 4 fully saturated rings. The van der Waals surface area contributed by atoms with Crippen molar-refractivity contribution in [2.75, 3.05) is 6.54 Å². The summed E-state index contributed by atoms with van der Waals surface area (Å²) in [7, 11) is 0. The molecule has 4 aliphatic carbocycles. The third kappa shape index (κ3) is 4.46. The van der Waals surface area contributed by atoms with Gasteiger partial charge in [-0.2, -0.15) is 0 Å². The average Bonchev–Trinajstić information content (AvgIpc) is 2.80. The molecule has 2 aromatic rings. The van der Waals surface area contributed by atoms with Crippen LogP contribution in [0.5, 0.6) is 0 Å². The van der Waals surface area contributed by atoms with Gasteiger partial charge in [0.25, 0.3) is 0 Å². The first-order valence-corrected chi connectivity index (χ1v) is 12.3. The minimum absolute atomic E-state index is 0.0201. The first-order valence-electron chi connectivity index (χ1n) is 12.3. The van der Waals surface area contributed by atoms with E-state index < -0.39 is 0 Å². The Morgan fingerprint density at radius 2 is 1.31 bits per heavy atom. The van der Waals surface area contributed by atoms with Crippen LogP contribution in [0, 0.1) is 23.2 Å². The molecular formula is C28H34N2O2. The number of hydrogen-bond donors (Lipinski definition) is 2. The van der Waals surface area contributed by atoms with E-state index >= 15 is 0 Å². The second-order valence-corrected chi connectivity index (χ2v) is 10.4. The Labute approximate surface area is 191 Å². The van der Waals surface area contributed by atoms with Crippen molar-refractivity contribution in [1.29, 1.82) is 0 Å². The third-order valence-electron chi connectivity index (χ3n) is 7.96. The summed E-state index contributed by atoms with van der Waals surface area (Å²) >= 11 is 0. The summed E-state index contributed by atoms with van der Waals surface area (Å²) in [5, 5.41) is 6.39. The van der Waals surface area contributed by atoms with Gasteiger partial charge in [0.1, 0.15) is 0 Å². The number of carbonyl (C=O) groups is 2. The molecule has 4 aliphatic rings. The SMILES string of the molecule is O=C(CCCNC(=O)C12CC3CC(CC(C3)C1)C2)NC(c1ccccc1)c1ccccc1. The largest absolute Gasteiger partial charge is 0.356 e. The van der Waals surface area contributed by atoms with E-state index in [9.17, 15) is 9.59 Å². The van der Waals surface area contributed by atoms with Crippen molar-refractivity contribution >= 4 is 11.8 Å². The number of amides is 2. The summed E-state index contributed by atoms with van der Waals surface area (Å²) in [6.07, 6.45) is 8.37. The highest BCUT2D eigenvalue weighted by molar-refractivity contribution is 5.83. The van der Waals surface area contributed by atoms with E-state index in [0.29, 0.717) is 19.4 Å². The molecule has 2 N–H and O–H groups in total. The van der Waals surface area contributed by atoms with Gasteiger partial charge in [0.2, 0.25) is 11.8 Å². The third-order valence-corrected chi connectivity index (χ3v) is 7.96. The zero-order valence-corrected chi connectivity index (χ0v) is 18.8. The molecular weight excluding hydrogens is 396 g/mol. The molecule has 4 nitrogen and oxygen atoms in total. The maximum absolute atomic E-state index is 13.1. The molecule has 0 spiro atoms. The van der Waals surface area contributed by atoms with E-state index in [1.54, 1.807) is 0 Å². The smallest absolute Gasteiger partial charge is 0.226 e. The van der Waals surface area contributed by atoms with E-state index in [1.807, 2.05) is 60.7 Å². The van der Waals surface area contributed by atoms with Crippen molar-refractivity contribution in [2.24, 2.45) is 23.2 Å². The summed E-state index contributed by atoms with van der Waals surface area (Å²) in [6.45, 7) is 0.579. The van der Waals surface area contributed by atoms with Gasteiger partial charge in [0.15, 0.2) is 0 Å². The van der Waals surface area contributed by atoms with E-state index in [0.717, 1.165) is 48.1 Å². The van der Waals surface area contributed by atoms with Gasteiger partial charge in [-0.3, -0.25) is 9.59 Å². The van der Waals surface area contributed by atoms with Gasteiger partial charge in [0.05, 0.1) is 6.04 Å². The van der Waals surface area contributed by atoms with Crippen LogP contribution >= 0.6 is 0 Å². The predicted molar refractivity (Wildman–Crippen MR) is 126 cm³/mol. The first-order chi connectivity index (χ1) is 15.6. The highest BCUT2D eigenvalue weighted by Crippen LogP contribution is 2.60. The van der Waals surface area contributed by atoms with Crippen LogP contribution in [0.3, 0.4) is 0 Å². The standard InChI is InChI=1S/C28H34N2O2/c31-25(30-26(23-8-3-1-4-9-23)24-10-5-2-6-11-24)12-7-13-29-27(32)28-17-20-14-21(18-28)16-22(15-20)19-28/h1-6,8-11,20-22,26H,7,12-19H2,(H,29,32)(H,30,31). The van der Waals surface area contributed by atoms with Gasteiger partial charge >= 0.3 is 0 Å². The molecule has 0 radical (unpaired) electrons. The number of benzene rings is 2. The van der Waals surface area contributed by atoms with Gasteiger partial charge in [-0.1, -0.05) is 60.7 Å². The lowest BCUT2D eigenvalue weighted by molar-refractivity contribution is -0.146. The zero-order chi connectivity index (χ0) is 22.0. The minimum Gasteiger partial charge on any atom is -0.356 e. The summed E-state index contributed by atoms with van der Waals surface area (Å²) in [6, 6.07) is 20.0. The lowest BCUT2D eigenvalue weighted by Gasteiger charge is -2.55. The van der Waals surface area contributed by atoms with Gasteiger partial charge < -0.3 is 10.6 Å². The van der Waals surface area contributed by atoms with Crippen molar-refractivity contribution in [2.45, 2.75) is 57.4 Å². The summed E-state index contributed by atoms with van der Waals surface area (Å²) < 4.78 is 0. The lowest BCUT2D eigenvalue weighted by Crippen LogP contribution is -2.53. The second kappa shape index (κ2) is 9.09. The van der Waals surface area contributed by atoms with Gasteiger partial charge in [-0.25, -0.2) is 0 Å². The number of rotatable bonds is 8. The average molecular weight is 431 g/mol. The van der Waals surface area contributed by atoms with E-state index in [4.69, 9.17) is 0 Å². The van der Waals surface area contributed by atoms with Gasteiger partial charge in [-0.05, 0) is 73.8 Å². The van der Waals surface area contributed by atoms with Crippen molar-refractivity contribution in [1.82, 2.24) is 10.6 Å². The van der Waals surface area contributed by atoms with E-state index in [1.165, 1.54) is 19.3 Å². The van der Waals surface area contributed by atoms with Crippen LogP contribution in [0.15, 0.2) is 60.7 Å². The van der Waals surface area contributed by atoms with Crippen molar-refractivity contribution in [3.8, 4) is 0 Å². The predicted octanol–water partition coefficient (Wildman–Crippen LogP) is 5.01. The van der Waals surface area contributed by atoms with Crippen LogP contribution in [-0.4, -0.2) is 18.4 Å². The quantitative estimate of drug-likeness (QED) is 0.579. The molecule has 6 rings (SSSR count). The zero-order valence-electron chi connectivity index (χ0n) is 18.8. The first kappa shape index (κ1) is 21.2. The highest BCUT2D eigenvalue weighted by Gasteiger charge is 2.54. The molecule has 4 saturated carbocycles. The molecule has 4 heteroatoms. The molecule has 32 heavy (non-hydrogen) atoms. The Bertz CT molecular complexity index is 866.